The molecule has 2 aromatic carbocycles. The zero-order chi connectivity index (χ0) is 15.2. The molecule has 0 aliphatic carbocycles. The van der Waals surface area contributed by atoms with E-state index in [1.54, 1.807) is 44.4 Å². The fourth-order valence-electron chi connectivity index (χ4n) is 1.95. The highest BCUT2D eigenvalue weighted by molar-refractivity contribution is 5.42. The van der Waals surface area contributed by atoms with Crippen LogP contribution in [-0.2, 0) is 6.61 Å². The molecule has 0 aromatic heterocycles. The van der Waals surface area contributed by atoms with Gasteiger partial charge in [-0.2, -0.15) is 5.26 Å². The first-order valence-corrected chi connectivity index (χ1v) is 6.62. The first-order chi connectivity index (χ1) is 10.1. The Morgan fingerprint density at radius 2 is 1.90 bits per heavy atom. The number of aliphatic hydroxyl groups is 1. The van der Waals surface area contributed by atoms with E-state index < -0.39 is 6.10 Å². The van der Waals surface area contributed by atoms with Gasteiger partial charge in [0.2, 0.25) is 0 Å². The van der Waals surface area contributed by atoms with Crippen LogP contribution in [0.5, 0.6) is 11.5 Å². The Hall–Kier alpha value is -2.51. The zero-order valence-corrected chi connectivity index (χ0v) is 12.0. The van der Waals surface area contributed by atoms with E-state index in [4.69, 9.17) is 14.7 Å². The molecule has 2 rings (SSSR count). The monoisotopic (exact) mass is 283 g/mol. The van der Waals surface area contributed by atoms with Gasteiger partial charge in [-0.25, -0.2) is 0 Å². The molecule has 2 aromatic rings. The molecule has 0 spiro atoms. The summed E-state index contributed by atoms with van der Waals surface area (Å²) in [5.74, 6) is 1.27. The fourth-order valence-corrected chi connectivity index (χ4v) is 1.95. The van der Waals surface area contributed by atoms with Crippen molar-refractivity contribution in [3.63, 3.8) is 0 Å². The van der Waals surface area contributed by atoms with Gasteiger partial charge in [-0.05, 0) is 36.8 Å². The Bertz CT molecular complexity index is 642. The third-order valence-corrected chi connectivity index (χ3v) is 3.15. The van der Waals surface area contributed by atoms with Gasteiger partial charge in [0, 0.05) is 11.6 Å². The smallest absolute Gasteiger partial charge is 0.129 e. The van der Waals surface area contributed by atoms with E-state index in [0.29, 0.717) is 29.2 Å². The molecule has 0 saturated carbocycles. The van der Waals surface area contributed by atoms with Crippen LogP contribution in [0.15, 0.2) is 42.5 Å². The predicted molar refractivity (Wildman–Crippen MR) is 79.1 cm³/mol. The zero-order valence-electron chi connectivity index (χ0n) is 12.0. The molecule has 1 atom stereocenters. The molecule has 21 heavy (non-hydrogen) atoms. The number of rotatable bonds is 5. The summed E-state index contributed by atoms with van der Waals surface area (Å²) in [5, 5.41) is 18.5. The lowest BCUT2D eigenvalue weighted by Crippen LogP contribution is -2.01. The summed E-state index contributed by atoms with van der Waals surface area (Å²) >= 11 is 0. The highest BCUT2D eigenvalue weighted by Crippen LogP contribution is 2.30. The lowest BCUT2D eigenvalue weighted by Gasteiger charge is -2.14. The van der Waals surface area contributed by atoms with Crippen LogP contribution in [0.2, 0.25) is 0 Å². The molecule has 0 saturated heterocycles. The maximum Gasteiger partial charge on any atom is 0.129 e. The van der Waals surface area contributed by atoms with Gasteiger partial charge in [-0.15, -0.1) is 0 Å². The molecule has 4 nitrogen and oxygen atoms in total. The minimum absolute atomic E-state index is 0.360. The average Bonchev–Trinajstić information content (AvgIpc) is 2.52. The minimum atomic E-state index is -0.619. The SMILES string of the molecule is COc1ccc([C@@H](C)O)c(OCc2ccc(C#N)cc2)c1. The Balaban J connectivity index is 2.16. The molecule has 108 valence electrons. The molecule has 1 N–H and O–H groups in total. The van der Waals surface area contributed by atoms with Crippen molar-refractivity contribution in [1.29, 1.82) is 5.26 Å². The molecule has 0 aliphatic heterocycles. The van der Waals surface area contributed by atoms with Crippen molar-refractivity contribution >= 4 is 0 Å². The second-order valence-electron chi connectivity index (χ2n) is 4.68. The van der Waals surface area contributed by atoms with Gasteiger partial charge >= 0.3 is 0 Å². The largest absolute Gasteiger partial charge is 0.497 e. The van der Waals surface area contributed by atoms with E-state index in [1.807, 2.05) is 12.1 Å². The van der Waals surface area contributed by atoms with Gasteiger partial charge in [0.05, 0.1) is 24.8 Å². The van der Waals surface area contributed by atoms with Crippen molar-refractivity contribution in [3.05, 3.63) is 59.2 Å². The Kier molecular flexibility index (Phi) is 4.81. The van der Waals surface area contributed by atoms with Crippen molar-refractivity contribution in [1.82, 2.24) is 0 Å². The molecular weight excluding hydrogens is 266 g/mol. The Labute approximate surface area is 124 Å². The average molecular weight is 283 g/mol. The van der Waals surface area contributed by atoms with Crippen molar-refractivity contribution in [3.8, 4) is 17.6 Å². The van der Waals surface area contributed by atoms with Crippen LogP contribution in [0, 0.1) is 11.3 Å². The van der Waals surface area contributed by atoms with Gasteiger partial charge in [0.15, 0.2) is 0 Å². The summed E-state index contributed by atoms with van der Waals surface area (Å²) in [6, 6.07) is 14.6. The summed E-state index contributed by atoms with van der Waals surface area (Å²) < 4.78 is 11.0. The number of hydrogen-bond donors (Lipinski definition) is 1. The number of aliphatic hydroxyl groups excluding tert-OH is 1. The van der Waals surface area contributed by atoms with E-state index in [2.05, 4.69) is 6.07 Å². The normalized spacial score (nSPS) is 11.5. The molecule has 0 unspecified atom stereocenters. The van der Waals surface area contributed by atoms with Gasteiger partial charge in [-0.3, -0.25) is 0 Å². The third-order valence-electron chi connectivity index (χ3n) is 3.15. The first-order valence-electron chi connectivity index (χ1n) is 6.62. The molecular formula is C17H17NO3. The number of nitriles is 1. The van der Waals surface area contributed by atoms with Crippen molar-refractivity contribution in [2.75, 3.05) is 7.11 Å². The van der Waals surface area contributed by atoms with Crippen molar-refractivity contribution < 1.29 is 14.6 Å². The summed E-state index contributed by atoms with van der Waals surface area (Å²) in [6.45, 7) is 2.05. The molecule has 0 fully saturated rings. The Morgan fingerprint density at radius 1 is 1.19 bits per heavy atom. The predicted octanol–water partition coefficient (Wildman–Crippen LogP) is 3.20. The van der Waals surface area contributed by atoms with Crippen LogP contribution >= 0.6 is 0 Å². The van der Waals surface area contributed by atoms with E-state index in [-0.39, 0.29) is 0 Å². The van der Waals surface area contributed by atoms with Crippen molar-refractivity contribution in [2.45, 2.75) is 19.6 Å². The maximum atomic E-state index is 9.78. The number of methoxy groups -OCH3 is 1. The standard InChI is InChI=1S/C17H17NO3/c1-12(19)16-8-7-15(20-2)9-17(16)21-11-14-5-3-13(10-18)4-6-14/h3-9,12,19H,11H2,1-2H3/t12-/m1/s1. The molecule has 4 heteroatoms. The first kappa shape index (κ1) is 14.9. The second kappa shape index (κ2) is 6.78. The van der Waals surface area contributed by atoms with E-state index >= 15 is 0 Å². The lowest BCUT2D eigenvalue weighted by atomic mass is 10.1. The van der Waals surface area contributed by atoms with Gasteiger partial charge in [0.25, 0.3) is 0 Å². The summed E-state index contributed by atoms with van der Waals surface area (Å²) in [4.78, 5) is 0. The number of ether oxygens (including phenoxy) is 2. The van der Waals surface area contributed by atoms with E-state index in [1.165, 1.54) is 0 Å². The molecule has 0 amide bonds. The van der Waals surface area contributed by atoms with Crippen LogP contribution < -0.4 is 9.47 Å². The molecule has 0 bridgehead atoms. The number of benzene rings is 2. The van der Waals surface area contributed by atoms with Crippen LogP contribution in [-0.4, -0.2) is 12.2 Å². The summed E-state index contributed by atoms with van der Waals surface area (Å²) in [5.41, 5.74) is 2.28. The summed E-state index contributed by atoms with van der Waals surface area (Å²) in [6.07, 6.45) is -0.619. The quantitative estimate of drug-likeness (QED) is 0.915. The van der Waals surface area contributed by atoms with Crippen molar-refractivity contribution in [2.24, 2.45) is 0 Å². The Morgan fingerprint density at radius 3 is 2.48 bits per heavy atom. The van der Waals surface area contributed by atoms with Gasteiger partial charge in [-0.1, -0.05) is 12.1 Å². The molecule has 0 radical (unpaired) electrons. The summed E-state index contributed by atoms with van der Waals surface area (Å²) in [7, 11) is 1.59. The topological polar surface area (TPSA) is 62.5 Å². The van der Waals surface area contributed by atoms with E-state index in [9.17, 15) is 5.11 Å². The van der Waals surface area contributed by atoms with Crippen LogP contribution in [0.4, 0.5) is 0 Å². The number of hydrogen-bond acceptors (Lipinski definition) is 4. The minimum Gasteiger partial charge on any atom is -0.497 e. The molecule has 0 aliphatic rings. The van der Waals surface area contributed by atoms with Crippen LogP contribution in [0.3, 0.4) is 0 Å². The van der Waals surface area contributed by atoms with Gasteiger partial charge in [0.1, 0.15) is 18.1 Å². The lowest BCUT2D eigenvalue weighted by molar-refractivity contribution is 0.190. The fraction of sp³-hybridized carbons (Fsp3) is 0.235. The molecule has 0 heterocycles. The highest BCUT2D eigenvalue weighted by atomic mass is 16.5. The maximum absolute atomic E-state index is 9.78. The van der Waals surface area contributed by atoms with Crippen LogP contribution in [0.25, 0.3) is 0 Å². The highest BCUT2D eigenvalue weighted by Gasteiger charge is 2.11. The van der Waals surface area contributed by atoms with Crippen LogP contribution in [0.1, 0.15) is 29.7 Å². The van der Waals surface area contributed by atoms with E-state index in [0.717, 1.165) is 5.56 Å². The van der Waals surface area contributed by atoms with Gasteiger partial charge < -0.3 is 14.6 Å². The second-order valence-corrected chi connectivity index (χ2v) is 4.68. The number of nitrogens with zero attached hydrogens (tertiary/aromatic N) is 1. The third kappa shape index (κ3) is 3.74.